The number of hydrogen-bond donors (Lipinski definition) is 2. The molecule has 1 unspecified atom stereocenters. The van der Waals surface area contributed by atoms with Crippen molar-refractivity contribution < 1.29 is 18.8 Å². The third-order valence-electron chi connectivity index (χ3n) is 4.98. The summed E-state index contributed by atoms with van der Waals surface area (Å²) < 4.78 is 10.8. The van der Waals surface area contributed by atoms with Crippen LogP contribution < -0.4 is 15.4 Å². The molecule has 2 aromatic carbocycles. The Bertz CT molecular complexity index is 1150. The van der Waals surface area contributed by atoms with E-state index >= 15 is 0 Å². The molecule has 31 heavy (non-hydrogen) atoms. The minimum atomic E-state index is -0.308. The molecule has 2 amide bonds. The Hall–Kier alpha value is -3.68. The van der Waals surface area contributed by atoms with Crippen LogP contribution in [0.15, 0.2) is 47.0 Å². The summed E-state index contributed by atoms with van der Waals surface area (Å²) >= 11 is 0. The molecule has 0 spiro atoms. The number of nitrogens with zero attached hydrogens (tertiary/aromatic N) is 2. The highest BCUT2D eigenvalue weighted by molar-refractivity contribution is 6.00. The first kappa shape index (κ1) is 20.6. The molecule has 8 heteroatoms. The molecular weight excluding hydrogens is 396 g/mol. The zero-order valence-electron chi connectivity index (χ0n) is 17.9. The topological polar surface area (TPSA) is 106 Å². The minimum absolute atomic E-state index is 0.00200. The summed E-state index contributed by atoms with van der Waals surface area (Å²) in [6.45, 7) is 7.86. The van der Waals surface area contributed by atoms with E-state index in [2.05, 4.69) is 20.8 Å². The Labute approximate surface area is 180 Å². The normalized spacial score (nSPS) is 14.3. The van der Waals surface area contributed by atoms with Crippen LogP contribution in [0.3, 0.4) is 0 Å². The Morgan fingerprint density at radius 1 is 1.19 bits per heavy atom. The van der Waals surface area contributed by atoms with Gasteiger partial charge in [-0.25, -0.2) is 0 Å². The van der Waals surface area contributed by atoms with E-state index in [0.717, 1.165) is 5.56 Å². The average Bonchev–Trinajstić information content (AvgIpc) is 3.24. The first-order chi connectivity index (χ1) is 14.7. The van der Waals surface area contributed by atoms with Crippen molar-refractivity contribution in [3.8, 4) is 17.2 Å². The molecule has 0 aliphatic carbocycles. The highest BCUT2D eigenvalue weighted by Crippen LogP contribution is 2.31. The van der Waals surface area contributed by atoms with Gasteiger partial charge >= 0.3 is 0 Å². The van der Waals surface area contributed by atoms with Gasteiger partial charge in [-0.3, -0.25) is 9.59 Å². The van der Waals surface area contributed by atoms with Crippen molar-refractivity contribution >= 4 is 17.5 Å². The molecular formula is C23H24N4O4. The second kappa shape index (κ2) is 7.86. The summed E-state index contributed by atoms with van der Waals surface area (Å²) in [5.74, 6) is 1.01. The third-order valence-corrected chi connectivity index (χ3v) is 4.98. The lowest BCUT2D eigenvalue weighted by Gasteiger charge is -2.21. The predicted molar refractivity (Wildman–Crippen MR) is 115 cm³/mol. The van der Waals surface area contributed by atoms with E-state index < -0.39 is 0 Å². The predicted octanol–water partition coefficient (Wildman–Crippen LogP) is 3.86. The number of nitrogens with one attached hydrogen (secondary N) is 2. The monoisotopic (exact) mass is 420 g/mol. The van der Waals surface area contributed by atoms with E-state index in [0.29, 0.717) is 34.3 Å². The maximum Gasteiger partial charge on any atom is 0.262 e. The number of amides is 2. The fourth-order valence-corrected chi connectivity index (χ4v) is 3.23. The van der Waals surface area contributed by atoms with E-state index in [9.17, 15) is 9.59 Å². The first-order valence-electron chi connectivity index (χ1n) is 10.0. The van der Waals surface area contributed by atoms with Gasteiger partial charge in [-0.05, 0) is 36.8 Å². The molecule has 1 aromatic heterocycles. The van der Waals surface area contributed by atoms with Gasteiger partial charge in [0.1, 0.15) is 5.75 Å². The van der Waals surface area contributed by atoms with Crippen LogP contribution in [0.5, 0.6) is 5.75 Å². The molecule has 1 aliphatic heterocycles. The molecule has 0 saturated carbocycles. The van der Waals surface area contributed by atoms with Crippen molar-refractivity contribution in [2.24, 2.45) is 0 Å². The summed E-state index contributed by atoms with van der Waals surface area (Å²) in [6, 6.07) is 12.3. The van der Waals surface area contributed by atoms with Gasteiger partial charge in [-0.15, -0.1) is 0 Å². The van der Waals surface area contributed by atoms with Gasteiger partial charge in [-0.1, -0.05) is 44.1 Å². The van der Waals surface area contributed by atoms with Crippen LogP contribution in [0, 0.1) is 0 Å². The van der Waals surface area contributed by atoms with E-state index in [1.807, 2.05) is 39.8 Å². The number of rotatable bonds is 4. The fraction of sp³-hybridized carbons (Fsp3) is 0.304. The van der Waals surface area contributed by atoms with Crippen molar-refractivity contribution in [3.63, 3.8) is 0 Å². The van der Waals surface area contributed by atoms with Crippen LogP contribution in [-0.4, -0.2) is 28.6 Å². The molecule has 2 N–H and O–H groups in total. The van der Waals surface area contributed by atoms with E-state index in [1.165, 1.54) is 0 Å². The van der Waals surface area contributed by atoms with Gasteiger partial charge in [0.25, 0.3) is 17.7 Å². The Balaban J connectivity index is 1.56. The molecule has 0 fully saturated rings. The van der Waals surface area contributed by atoms with Crippen LogP contribution in [0.4, 0.5) is 5.69 Å². The molecule has 3 aromatic rings. The largest absolute Gasteiger partial charge is 0.482 e. The average molecular weight is 420 g/mol. The maximum absolute atomic E-state index is 13.1. The van der Waals surface area contributed by atoms with Gasteiger partial charge in [0, 0.05) is 5.41 Å². The number of carbonyl (C=O) groups excluding carboxylic acids is 2. The summed E-state index contributed by atoms with van der Waals surface area (Å²) in [5.41, 5.74) is 2.17. The molecule has 0 radical (unpaired) electrons. The van der Waals surface area contributed by atoms with Gasteiger partial charge in [0.2, 0.25) is 0 Å². The van der Waals surface area contributed by atoms with Crippen LogP contribution in [0.25, 0.3) is 11.5 Å². The number of carbonyl (C=O) groups is 2. The number of benzene rings is 2. The van der Waals surface area contributed by atoms with E-state index in [4.69, 9.17) is 9.26 Å². The molecule has 1 aliphatic rings. The van der Waals surface area contributed by atoms with Crippen LogP contribution >= 0.6 is 0 Å². The van der Waals surface area contributed by atoms with Crippen molar-refractivity contribution in [2.45, 2.75) is 39.2 Å². The van der Waals surface area contributed by atoms with Crippen LogP contribution in [0.1, 0.15) is 55.5 Å². The molecule has 2 heterocycles. The molecule has 0 bridgehead atoms. The summed E-state index contributed by atoms with van der Waals surface area (Å²) in [4.78, 5) is 29.1. The molecule has 0 saturated heterocycles. The minimum Gasteiger partial charge on any atom is -0.482 e. The zero-order valence-corrected chi connectivity index (χ0v) is 17.9. The van der Waals surface area contributed by atoms with Crippen molar-refractivity contribution in [3.05, 3.63) is 59.4 Å². The third kappa shape index (κ3) is 4.28. The van der Waals surface area contributed by atoms with E-state index in [1.54, 1.807) is 30.3 Å². The number of aromatic nitrogens is 2. The number of anilines is 1. The molecule has 1 atom stereocenters. The van der Waals surface area contributed by atoms with E-state index in [-0.39, 0.29) is 29.9 Å². The fourth-order valence-electron chi connectivity index (χ4n) is 3.23. The van der Waals surface area contributed by atoms with Gasteiger partial charge in [-0.2, -0.15) is 4.98 Å². The molecule has 8 nitrogen and oxygen atoms in total. The van der Waals surface area contributed by atoms with Crippen LogP contribution in [0.2, 0.25) is 0 Å². The number of fused-ring (bicyclic) bond motifs is 1. The summed E-state index contributed by atoms with van der Waals surface area (Å²) in [6.07, 6.45) is 0. The lowest BCUT2D eigenvalue weighted by atomic mass is 9.96. The Morgan fingerprint density at radius 3 is 2.71 bits per heavy atom. The smallest absolute Gasteiger partial charge is 0.262 e. The highest BCUT2D eigenvalue weighted by atomic mass is 16.5. The number of hydrogen-bond acceptors (Lipinski definition) is 6. The van der Waals surface area contributed by atoms with Gasteiger partial charge < -0.3 is 19.9 Å². The summed E-state index contributed by atoms with van der Waals surface area (Å²) in [5, 5.41) is 9.83. The Morgan fingerprint density at radius 2 is 1.97 bits per heavy atom. The summed E-state index contributed by atoms with van der Waals surface area (Å²) in [7, 11) is 0. The first-order valence-corrected chi connectivity index (χ1v) is 10.0. The number of ether oxygens (including phenoxy) is 1. The highest BCUT2D eigenvalue weighted by Gasteiger charge is 2.24. The second-order valence-electron chi connectivity index (χ2n) is 8.51. The lowest BCUT2D eigenvalue weighted by Crippen LogP contribution is -2.28. The van der Waals surface area contributed by atoms with Gasteiger partial charge in [0.05, 0.1) is 22.9 Å². The zero-order chi connectivity index (χ0) is 22.2. The van der Waals surface area contributed by atoms with Gasteiger partial charge in [0.15, 0.2) is 12.4 Å². The van der Waals surface area contributed by atoms with Crippen molar-refractivity contribution in [1.82, 2.24) is 15.5 Å². The lowest BCUT2D eigenvalue weighted by molar-refractivity contribution is -0.118. The molecule has 4 rings (SSSR count). The van der Waals surface area contributed by atoms with Crippen LogP contribution in [-0.2, 0) is 10.2 Å². The van der Waals surface area contributed by atoms with Crippen molar-refractivity contribution in [1.29, 1.82) is 0 Å². The Kier molecular flexibility index (Phi) is 5.22. The standard InChI is InChI=1S/C23H24N4O4/c1-13(14-9-10-18-17(11-14)25-19(28)12-30-18)24-20(29)15-7-5-6-8-16(15)21-26-22(27-31-21)23(2,3)4/h5-11,13H,12H2,1-4H3,(H,24,29)(H,25,28). The quantitative estimate of drug-likeness (QED) is 0.664. The second-order valence-corrected chi connectivity index (χ2v) is 8.51. The SMILES string of the molecule is CC(NC(=O)c1ccccc1-c1nc(C(C)(C)C)no1)c1ccc2c(c1)NC(=O)CO2. The maximum atomic E-state index is 13.1. The molecule has 160 valence electrons. The van der Waals surface area contributed by atoms with Crippen molar-refractivity contribution in [2.75, 3.05) is 11.9 Å².